The maximum atomic E-state index is 12.4. The Balaban J connectivity index is 2.62. The summed E-state index contributed by atoms with van der Waals surface area (Å²) in [4.78, 5) is 14.1. The summed E-state index contributed by atoms with van der Waals surface area (Å²) >= 11 is 2.28. The molecule has 1 N–H and O–H groups in total. The fourth-order valence-electron chi connectivity index (χ4n) is 1.90. The molecular formula is C17H27IN2O2. The number of hydrogen-bond donors (Lipinski definition) is 1. The molecule has 5 heteroatoms. The Morgan fingerprint density at radius 2 is 1.68 bits per heavy atom. The van der Waals surface area contributed by atoms with E-state index >= 15 is 0 Å². The molecule has 0 aliphatic rings. The molecule has 0 fully saturated rings. The number of carbonyl (C=O) groups excluding carboxylic acids is 1. The quantitative estimate of drug-likeness (QED) is 0.719. The van der Waals surface area contributed by atoms with E-state index in [0.717, 1.165) is 5.69 Å². The fourth-order valence-corrected chi connectivity index (χ4v) is 2.26. The van der Waals surface area contributed by atoms with Gasteiger partial charge in [0.1, 0.15) is 5.60 Å². The minimum absolute atomic E-state index is 0.274. The number of rotatable bonds is 4. The van der Waals surface area contributed by atoms with Gasteiger partial charge in [-0.1, -0.05) is 0 Å². The van der Waals surface area contributed by atoms with Crippen LogP contribution in [0.4, 0.5) is 10.5 Å². The van der Waals surface area contributed by atoms with Crippen molar-refractivity contribution < 1.29 is 9.53 Å². The van der Waals surface area contributed by atoms with Gasteiger partial charge < -0.3 is 15.0 Å². The molecule has 0 aromatic heterocycles. The van der Waals surface area contributed by atoms with E-state index in [1.54, 1.807) is 4.90 Å². The number of anilines is 1. The zero-order chi connectivity index (χ0) is 17.0. The number of amides is 1. The van der Waals surface area contributed by atoms with E-state index in [2.05, 4.69) is 40.0 Å². The number of hydrogen-bond acceptors (Lipinski definition) is 3. The average Bonchev–Trinajstić information content (AvgIpc) is 2.32. The molecule has 1 rings (SSSR count). The van der Waals surface area contributed by atoms with Gasteiger partial charge in [-0.25, -0.2) is 4.79 Å². The van der Waals surface area contributed by atoms with E-state index in [1.165, 1.54) is 3.57 Å². The van der Waals surface area contributed by atoms with E-state index in [-0.39, 0.29) is 11.6 Å². The lowest BCUT2D eigenvalue weighted by Gasteiger charge is -2.37. The van der Waals surface area contributed by atoms with E-state index < -0.39 is 5.60 Å². The van der Waals surface area contributed by atoms with Gasteiger partial charge in [0.2, 0.25) is 0 Å². The van der Waals surface area contributed by atoms with Gasteiger partial charge in [-0.15, -0.1) is 0 Å². The first-order valence-electron chi connectivity index (χ1n) is 7.49. The van der Waals surface area contributed by atoms with Crippen molar-refractivity contribution in [1.29, 1.82) is 0 Å². The zero-order valence-electron chi connectivity index (χ0n) is 14.4. The third-order valence-electron chi connectivity index (χ3n) is 2.93. The van der Waals surface area contributed by atoms with Gasteiger partial charge in [-0.05, 0) is 88.4 Å². The van der Waals surface area contributed by atoms with Crippen LogP contribution in [0.3, 0.4) is 0 Å². The largest absolute Gasteiger partial charge is 0.444 e. The van der Waals surface area contributed by atoms with Crippen LogP contribution in [-0.2, 0) is 4.74 Å². The lowest BCUT2D eigenvalue weighted by atomic mass is 10.1. The van der Waals surface area contributed by atoms with Crippen molar-refractivity contribution in [2.45, 2.75) is 52.7 Å². The summed E-state index contributed by atoms with van der Waals surface area (Å²) in [6, 6.07) is 8.18. The van der Waals surface area contributed by atoms with Crippen LogP contribution in [0.1, 0.15) is 41.5 Å². The van der Waals surface area contributed by atoms with Crippen molar-refractivity contribution in [3.05, 3.63) is 27.8 Å². The maximum absolute atomic E-state index is 12.4. The molecule has 0 unspecified atom stereocenters. The van der Waals surface area contributed by atoms with Gasteiger partial charge in [-0.3, -0.25) is 0 Å². The van der Waals surface area contributed by atoms with Crippen LogP contribution in [0.15, 0.2) is 24.3 Å². The number of benzene rings is 1. The lowest BCUT2D eigenvalue weighted by molar-refractivity contribution is 0.00749. The lowest BCUT2D eigenvalue weighted by Crippen LogP contribution is -2.49. The monoisotopic (exact) mass is 418 g/mol. The van der Waals surface area contributed by atoms with E-state index in [1.807, 2.05) is 53.7 Å². The van der Waals surface area contributed by atoms with Crippen molar-refractivity contribution >= 4 is 34.4 Å². The molecular weight excluding hydrogens is 391 g/mol. The number of nitrogens with zero attached hydrogens (tertiary/aromatic N) is 1. The predicted octanol–water partition coefficient (Wildman–Crippen LogP) is 4.74. The first-order chi connectivity index (χ1) is 9.99. The van der Waals surface area contributed by atoms with Crippen molar-refractivity contribution in [2.75, 3.05) is 18.4 Å². The summed E-state index contributed by atoms with van der Waals surface area (Å²) in [5.41, 5.74) is 0.290. The van der Waals surface area contributed by atoms with Crippen molar-refractivity contribution in [1.82, 2.24) is 4.90 Å². The molecule has 22 heavy (non-hydrogen) atoms. The van der Waals surface area contributed by atoms with Gasteiger partial charge in [-0.2, -0.15) is 0 Å². The summed E-state index contributed by atoms with van der Waals surface area (Å²) < 4.78 is 6.71. The Bertz CT molecular complexity index is 487. The topological polar surface area (TPSA) is 41.6 Å². The van der Waals surface area contributed by atoms with E-state index in [4.69, 9.17) is 4.74 Å². The highest BCUT2D eigenvalue weighted by Gasteiger charge is 2.30. The number of ether oxygens (including phenoxy) is 1. The van der Waals surface area contributed by atoms with Crippen LogP contribution < -0.4 is 5.32 Å². The molecule has 124 valence electrons. The standard InChI is InChI=1S/C17H27IN2O2/c1-16(2,3)20(15(21)22-17(4,5)6)12-11-19-14-9-7-13(18)8-10-14/h7-10,19H,11-12H2,1-6H3. The smallest absolute Gasteiger partial charge is 0.410 e. The maximum Gasteiger partial charge on any atom is 0.410 e. The fraction of sp³-hybridized carbons (Fsp3) is 0.588. The van der Waals surface area contributed by atoms with Crippen molar-refractivity contribution in [2.24, 2.45) is 0 Å². The Morgan fingerprint density at radius 3 is 2.14 bits per heavy atom. The molecule has 0 aliphatic heterocycles. The SMILES string of the molecule is CC(C)(C)OC(=O)N(CCNc1ccc(I)cc1)C(C)(C)C. The summed E-state index contributed by atoms with van der Waals surface area (Å²) in [6.07, 6.45) is -0.274. The normalized spacial score (nSPS) is 12.0. The Hall–Kier alpha value is -0.980. The number of halogens is 1. The van der Waals surface area contributed by atoms with E-state index in [0.29, 0.717) is 13.1 Å². The predicted molar refractivity (Wildman–Crippen MR) is 100 cm³/mol. The number of nitrogens with one attached hydrogen (secondary N) is 1. The molecule has 4 nitrogen and oxygen atoms in total. The van der Waals surface area contributed by atoms with Crippen LogP contribution >= 0.6 is 22.6 Å². The summed E-state index contributed by atoms with van der Waals surface area (Å²) in [6.45, 7) is 13.0. The van der Waals surface area contributed by atoms with Crippen LogP contribution in [0.25, 0.3) is 0 Å². The Morgan fingerprint density at radius 1 is 1.14 bits per heavy atom. The summed E-state index contributed by atoms with van der Waals surface area (Å²) in [5.74, 6) is 0. The number of carbonyl (C=O) groups is 1. The molecule has 1 aromatic carbocycles. The van der Waals surface area contributed by atoms with Gasteiger partial charge in [0.15, 0.2) is 0 Å². The second kappa shape index (κ2) is 7.53. The average molecular weight is 418 g/mol. The molecule has 1 amide bonds. The molecule has 0 spiro atoms. The third kappa shape index (κ3) is 6.85. The minimum Gasteiger partial charge on any atom is -0.444 e. The molecule has 0 atom stereocenters. The summed E-state index contributed by atoms with van der Waals surface area (Å²) in [7, 11) is 0. The molecule has 1 aromatic rings. The Labute approximate surface area is 147 Å². The molecule has 0 saturated heterocycles. The van der Waals surface area contributed by atoms with Crippen LogP contribution in [0.5, 0.6) is 0 Å². The van der Waals surface area contributed by atoms with Gasteiger partial charge in [0.25, 0.3) is 0 Å². The molecule has 0 radical (unpaired) electrons. The molecule has 0 heterocycles. The van der Waals surface area contributed by atoms with Crippen LogP contribution in [0.2, 0.25) is 0 Å². The van der Waals surface area contributed by atoms with Gasteiger partial charge in [0.05, 0.1) is 0 Å². The second-order valence-corrected chi connectivity index (χ2v) is 8.48. The van der Waals surface area contributed by atoms with Crippen molar-refractivity contribution in [3.8, 4) is 0 Å². The zero-order valence-corrected chi connectivity index (χ0v) is 16.5. The van der Waals surface area contributed by atoms with Gasteiger partial charge >= 0.3 is 6.09 Å². The van der Waals surface area contributed by atoms with E-state index in [9.17, 15) is 4.79 Å². The highest BCUT2D eigenvalue weighted by Crippen LogP contribution is 2.18. The highest BCUT2D eigenvalue weighted by atomic mass is 127. The van der Waals surface area contributed by atoms with Gasteiger partial charge in [0, 0.05) is 27.9 Å². The Kier molecular flexibility index (Phi) is 6.52. The van der Waals surface area contributed by atoms with Crippen LogP contribution in [-0.4, -0.2) is 35.2 Å². The highest BCUT2D eigenvalue weighted by molar-refractivity contribution is 14.1. The molecule has 0 aliphatic carbocycles. The van der Waals surface area contributed by atoms with Crippen molar-refractivity contribution in [3.63, 3.8) is 0 Å². The second-order valence-electron chi connectivity index (χ2n) is 7.24. The van der Waals surface area contributed by atoms with Crippen LogP contribution in [0, 0.1) is 3.57 Å². The first-order valence-corrected chi connectivity index (χ1v) is 8.57. The summed E-state index contributed by atoms with van der Waals surface area (Å²) in [5, 5.41) is 3.34. The first kappa shape index (κ1) is 19.1. The minimum atomic E-state index is -0.482. The molecule has 0 saturated carbocycles. The third-order valence-corrected chi connectivity index (χ3v) is 3.65. The molecule has 0 bridgehead atoms.